The zero-order valence-corrected chi connectivity index (χ0v) is 11.3. The summed E-state index contributed by atoms with van der Waals surface area (Å²) in [6, 6.07) is 14.8. The van der Waals surface area contributed by atoms with Gasteiger partial charge in [0.15, 0.2) is 0 Å². The van der Waals surface area contributed by atoms with Crippen LogP contribution in [0.2, 0.25) is 5.02 Å². The first kappa shape index (κ1) is 13.4. The molecule has 0 saturated heterocycles. The zero-order valence-electron chi connectivity index (χ0n) is 10.5. The Hall–Kier alpha value is -2.00. The fraction of sp³-hybridized carbons (Fsp3) is 0.133. The highest BCUT2D eigenvalue weighted by Gasteiger charge is 2.10. The maximum atomic E-state index is 11.6. The van der Waals surface area contributed by atoms with Crippen molar-refractivity contribution in [3.05, 3.63) is 64.7 Å². The van der Waals surface area contributed by atoms with Gasteiger partial charge in [-0.3, -0.25) is 0 Å². The number of benzene rings is 2. The zero-order chi connectivity index (χ0) is 13.7. The number of halogens is 1. The van der Waals surface area contributed by atoms with Gasteiger partial charge in [-0.2, -0.15) is 0 Å². The summed E-state index contributed by atoms with van der Waals surface area (Å²) in [6.07, 6.45) is 0. The van der Waals surface area contributed by atoms with Crippen molar-refractivity contribution in [3.63, 3.8) is 0 Å². The highest BCUT2D eigenvalue weighted by molar-refractivity contribution is 6.30. The number of para-hydroxylation sites is 1. The van der Waals surface area contributed by atoms with E-state index in [1.807, 2.05) is 36.4 Å². The van der Waals surface area contributed by atoms with Gasteiger partial charge in [-0.25, -0.2) is 4.79 Å². The van der Waals surface area contributed by atoms with Crippen LogP contribution in [0.5, 0.6) is 0 Å². The molecule has 0 aliphatic heterocycles. The summed E-state index contributed by atoms with van der Waals surface area (Å²) in [7, 11) is 1.37. The average Bonchev–Trinajstić information content (AvgIpc) is 2.45. The Morgan fingerprint density at radius 3 is 2.74 bits per heavy atom. The van der Waals surface area contributed by atoms with Gasteiger partial charge in [-0.05, 0) is 29.8 Å². The number of carbonyl (C=O) groups is 1. The minimum absolute atomic E-state index is 0.353. The smallest absolute Gasteiger partial charge is 0.339 e. The van der Waals surface area contributed by atoms with Crippen LogP contribution in [-0.2, 0) is 11.3 Å². The Balaban J connectivity index is 2.13. The second-order valence-corrected chi connectivity index (χ2v) is 4.46. The quantitative estimate of drug-likeness (QED) is 0.864. The van der Waals surface area contributed by atoms with Crippen LogP contribution in [0.25, 0.3) is 0 Å². The van der Waals surface area contributed by atoms with Crippen LogP contribution in [0.15, 0.2) is 48.5 Å². The molecule has 98 valence electrons. The summed E-state index contributed by atoms with van der Waals surface area (Å²) in [5.74, 6) is -0.353. The van der Waals surface area contributed by atoms with Gasteiger partial charge < -0.3 is 10.1 Å². The molecule has 19 heavy (non-hydrogen) atoms. The van der Waals surface area contributed by atoms with Crippen molar-refractivity contribution in [2.24, 2.45) is 0 Å². The molecule has 0 fully saturated rings. The first-order valence-corrected chi connectivity index (χ1v) is 6.24. The molecule has 0 saturated carbocycles. The van der Waals surface area contributed by atoms with Crippen LogP contribution in [0, 0.1) is 0 Å². The van der Waals surface area contributed by atoms with E-state index in [-0.39, 0.29) is 5.97 Å². The third kappa shape index (κ3) is 3.48. The molecule has 3 nitrogen and oxygen atoms in total. The molecule has 0 heterocycles. The van der Waals surface area contributed by atoms with Gasteiger partial charge in [-0.15, -0.1) is 0 Å². The first-order chi connectivity index (χ1) is 9.20. The molecule has 0 spiro atoms. The molecular weight excluding hydrogens is 262 g/mol. The topological polar surface area (TPSA) is 38.3 Å². The Labute approximate surface area is 117 Å². The minimum atomic E-state index is -0.353. The van der Waals surface area contributed by atoms with E-state index in [0.717, 1.165) is 11.3 Å². The van der Waals surface area contributed by atoms with E-state index in [1.54, 1.807) is 12.1 Å². The van der Waals surface area contributed by atoms with Gasteiger partial charge in [-0.1, -0.05) is 35.9 Å². The normalized spacial score (nSPS) is 10.0. The molecule has 0 aromatic heterocycles. The van der Waals surface area contributed by atoms with Crippen LogP contribution in [0.3, 0.4) is 0 Å². The number of carbonyl (C=O) groups excluding carboxylic acids is 1. The lowest BCUT2D eigenvalue weighted by molar-refractivity contribution is 0.0602. The molecule has 4 heteroatoms. The predicted octanol–water partition coefficient (Wildman–Crippen LogP) is 3.74. The maximum absolute atomic E-state index is 11.6. The highest BCUT2D eigenvalue weighted by Crippen LogP contribution is 2.18. The summed E-state index contributed by atoms with van der Waals surface area (Å²) < 4.78 is 4.75. The van der Waals surface area contributed by atoms with Gasteiger partial charge in [0, 0.05) is 17.3 Å². The van der Waals surface area contributed by atoms with Crippen LogP contribution in [-0.4, -0.2) is 13.1 Å². The van der Waals surface area contributed by atoms with Crippen molar-refractivity contribution in [2.45, 2.75) is 6.54 Å². The number of hydrogen-bond acceptors (Lipinski definition) is 3. The van der Waals surface area contributed by atoms with Crippen molar-refractivity contribution in [2.75, 3.05) is 12.4 Å². The third-order valence-electron chi connectivity index (χ3n) is 2.70. The van der Waals surface area contributed by atoms with Crippen LogP contribution in [0.1, 0.15) is 15.9 Å². The molecule has 0 atom stereocenters. The lowest BCUT2D eigenvalue weighted by Gasteiger charge is -2.10. The molecular formula is C15H14ClNO2. The molecule has 0 aliphatic carbocycles. The number of hydrogen-bond donors (Lipinski definition) is 1. The first-order valence-electron chi connectivity index (χ1n) is 5.86. The van der Waals surface area contributed by atoms with Crippen molar-refractivity contribution >= 4 is 23.3 Å². The number of esters is 1. The lowest BCUT2D eigenvalue weighted by atomic mass is 10.1. The molecule has 0 aliphatic rings. The van der Waals surface area contributed by atoms with E-state index < -0.39 is 0 Å². The summed E-state index contributed by atoms with van der Waals surface area (Å²) in [5.41, 5.74) is 2.31. The summed E-state index contributed by atoms with van der Waals surface area (Å²) in [5, 5.41) is 3.91. The van der Waals surface area contributed by atoms with Gasteiger partial charge in [0.2, 0.25) is 0 Å². The summed E-state index contributed by atoms with van der Waals surface area (Å²) in [4.78, 5) is 11.6. The molecule has 0 radical (unpaired) electrons. The molecule has 0 bridgehead atoms. The average molecular weight is 276 g/mol. The van der Waals surface area contributed by atoms with E-state index in [1.165, 1.54) is 7.11 Å². The van der Waals surface area contributed by atoms with Crippen LogP contribution >= 0.6 is 11.6 Å². The third-order valence-corrected chi connectivity index (χ3v) is 2.94. The highest BCUT2D eigenvalue weighted by atomic mass is 35.5. The fourth-order valence-electron chi connectivity index (χ4n) is 1.77. The van der Waals surface area contributed by atoms with Crippen molar-refractivity contribution in [3.8, 4) is 0 Å². The summed E-state index contributed by atoms with van der Waals surface area (Å²) in [6.45, 7) is 0.592. The Morgan fingerprint density at radius 2 is 2.00 bits per heavy atom. The summed E-state index contributed by atoms with van der Waals surface area (Å²) >= 11 is 5.93. The molecule has 2 aromatic rings. The second-order valence-electron chi connectivity index (χ2n) is 4.02. The maximum Gasteiger partial charge on any atom is 0.339 e. The van der Waals surface area contributed by atoms with Gasteiger partial charge in [0.05, 0.1) is 12.7 Å². The molecule has 1 N–H and O–H groups in total. The Bertz CT molecular complexity index is 584. The van der Waals surface area contributed by atoms with Gasteiger partial charge >= 0.3 is 5.97 Å². The van der Waals surface area contributed by atoms with E-state index in [0.29, 0.717) is 17.1 Å². The Kier molecular flexibility index (Phi) is 4.42. The standard InChI is InChI=1S/C15H14ClNO2/c1-19-15(18)13-7-2-3-8-14(13)17-10-11-5-4-6-12(16)9-11/h2-9,17H,10H2,1H3. The molecule has 2 rings (SSSR count). The van der Waals surface area contributed by atoms with Crippen molar-refractivity contribution in [1.29, 1.82) is 0 Å². The van der Waals surface area contributed by atoms with Crippen molar-refractivity contribution < 1.29 is 9.53 Å². The van der Waals surface area contributed by atoms with E-state index in [4.69, 9.17) is 16.3 Å². The monoisotopic (exact) mass is 275 g/mol. The number of rotatable bonds is 4. The minimum Gasteiger partial charge on any atom is -0.465 e. The molecule has 2 aromatic carbocycles. The fourth-order valence-corrected chi connectivity index (χ4v) is 1.98. The molecule has 0 amide bonds. The largest absolute Gasteiger partial charge is 0.465 e. The number of ether oxygens (including phenoxy) is 1. The lowest BCUT2D eigenvalue weighted by Crippen LogP contribution is -2.08. The number of methoxy groups -OCH3 is 1. The Morgan fingerprint density at radius 1 is 1.21 bits per heavy atom. The number of anilines is 1. The predicted molar refractivity (Wildman–Crippen MR) is 76.6 cm³/mol. The SMILES string of the molecule is COC(=O)c1ccccc1NCc1cccc(Cl)c1. The number of nitrogens with one attached hydrogen (secondary N) is 1. The van der Waals surface area contributed by atoms with Crippen molar-refractivity contribution in [1.82, 2.24) is 0 Å². The van der Waals surface area contributed by atoms with E-state index >= 15 is 0 Å². The van der Waals surface area contributed by atoms with Gasteiger partial charge in [0.25, 0.3) is 0 Å². The molecule has 0 unspecified atom stereocenters. The second kappa shape index (κ2) is 6.25. The van der Waals surface area contributed by atoms with E-state index in [9.17, 15) is 4.79 Å². The van der Waals surface area contributed by atoms with Crippen LogP contribution in [0.4, 0.5) is 5.69 Å². The van der Waals surface area contributed by atoms with E-state index in [2.05, 4.69) is 5.32 Å². The van der Waals surface area contributed by atoms with Gasteiger partial charge in [0.1, 0.15) is 0 Å². The van der Waals surface area contributed by atoms with Crippen LogP contribution < -0.4 is 5.32 Å².